The highest BCUT2D eigenvalue weighted by Crippen LogP contribution is 2.45. The Morgan fingerprint density at radius 2 is 1.87 bits per heavy atom. The Hall–Kier alpha value is -2.27. The fraction of sp³-hybridized carbons (Fsp3) is 0.294. The van der Waals surface area contributed by atoms with Gasteiger partial charge in [-0.25, -0.2) is 0 Å². The molecule has 1 saturated carbocycles. The van der Waals surface area contributed by atoms with E-state index >= 15 is 0 Å². The number of carboxylic acid groups (broad SMARTS) is 1. The molecule has 0 heterocycles. The highest BCUT2D eigenvalue weighted by molar-refractivity contribution is 6.35. The number of benzene rings is 2. The SMILES string of the molecule is O=C(COc1ccc(Cl)c2ccccc12)NCC1(C(=O)O)CC1. The molecule has 0 saturated heterocycles. The number of rotatable bonds is 6. The zero-order valence-corrected chi connectivity index (χ0v) is 13.1. The lowest BCUT2D eigenvalue weighted by Gasteiger charge is -2.13. The summed E-state index contributed by atoms with van der Waals surface area (Å²) in [7, 11) is 0. The number of halogens is 1. The molecule has 0 aromatic heterocycles. The summed E-state index contributed by atoms with van der Waals surface area (Å²) in [6, 6.07) is 11.0. The number of aliphatic carboxylic acids is 1. The Bertz CT molecular complexity index is 770. The van der Waals surface area contributed by atoms with Gasteiger partial charge in [0.15, 0.2) is 6.61 Å². The molecule has 6 heteroatoms. The lowest BCUT2D eigenvalue weighted by molar-refractivity contribution is -0.143. The first-order valence-electron chi connectivity index (χ1n) is 7.32. The van der Waals surface area contributed by atoms with Crippen molar-refractivity contribution >= 4 is 34.2 Å². The number of fused-ring (bicyclic) bond motifs is 1. The molecule has 0 aliphatic heterocycles. The molecule has 1 amide bonds. The van der Waals surface area contributed by atoms with Gasteiger partial charge in [0.25, 0.3) is 5.91 Å². The van der Waals surface area contributed by atoms with E-state index < -0.39 is 11.4 Å². The first kappa shape index (κ1) is 15.6. The lowest BCUT2D eigenvalue weighted by atomic mass is 10.1. The summed E-state index contributed by atoms with van der Waals surface area (Å²) in [6.45, 7) is -0.0206. The van der Waals surface area contributed by atoms with Crippen molar-refractivity contribution in [2.75, 3.05) is 13.2 Å². The van der Waals surface area contributed by atoms with Crippen LogP contribution in [-0.2, 0) is 9.59 Å². The first-order valence-corrected chi connectivity index (χ1v) is 7.70. The molecule has 3 rings (SSSR count). The molecule has 1 aliphatic carbocycles. The van der Waals surface area contributed by atoms with E-state index in [0.717, 1.165) is 10.8 Å². The van der Waals surface area contributed by atoms with Crippen molar-refractivity contribution in [2.45, 2.75) is 12.8 Å². The van der Waals surface area contributed by atoms with Crippen molar-refractivity contribution in [1.82, 2.24) is 5.32 Å². The van der Waals surface area contributed by atoms with Gasteiger partial charge >= 0.3 is 5.97 Å². The van der Waals surface area contributed by atoms with Crippen LogP contribution >= 0.6 is 11.6 Å². The second-order valence-electron chi connectivity index (χ2n) is 5.74. The molecule has 1 aliphatic rings. The molecule has 0 unspecified atom stereocenters. The minimum absolute atomic E-state index is 0.145. The molecule has 5 nitrogen and oxygen atoms in total. The van der Waals surface area contributed by atoms with Gasteiger partial charge in [-0.05, 0) is 25.0 Å². The number of amides is 1. The van der Waals surface area contributed by atoms with E-state index in [1.54, 1.807) is 12.1 Å². The lowest BCUT2D eigenvalue weighted by Crippen LogP contribution is -2.36. The Balaban J connectivity index is 1.61. The van der Waals surface area contributed by atoms with Crippen molar-refractivity contribution in [3.8, 4) is 5.75 Å². The number of carboxylic acids is 1. The van der Waals surface area contributed by atoms with Crippen LogP contribution in [0.25, 0.3) is 10.8 Å². The van der Waals surface area contributed by atoms with Gasteiger partial charge in [0.2, 0.25) is 0 Å². The van der Waals surface area contributed by atoms with E-state index in [9.17, 15) is 9.59 Å². The van der Waals surface area contributed by atoms with Gasteiger partial charge in [-0.15, -0.1) is 0 Å². The summed E-state index contributed by atoms with van der Waals surface area (Å²) in [4.78, 5) is 22.9. The number of ether oxygens (including phenoxy) is 1. The third kappa shape index (κ3) is 3.24. The summed E-state index contributed by atoms with van der Waals surface area (Å²) >= 11 is 6.14. The van der Waals surface area contributed by atoms with E-state index in [1.165, 1.54) is 0 Å². The molecule has 0 spiro atoms. The monoisotopic (exact) mass is 333 g/mol. The number of carbonyl (C=O) groups excluding carboxylic acids is 1. The van der Waals surface area contributed by atoms with Crippen LogP contribution in [0.15, 0.2) is 36.4 Å². The van der Waals surface area contributed by atoms with E-state index in [2.05, 4.69) is 5.32 Å². The minimum atomic E-state index is -0.859. The van der Waals surface area contributed by atoms with Crippen LogP contribution < -0.4 is 10.1 Å². The van der Waals surface area contributed by atoms with E-state index in [1.807, 2.05) is 24.3 Å². The molecular weight excluding hydrogens is 318 g/mol. The third-order valence-corrected chi connectivity index (χ3v) is 4.45. The molecule has 0 atom stereocenters. The van der Waals surface area contributed by atoms with Crippen molar-refractivity contribution in [1.29, 1.82) is 0 Å². The van der Waals surface area contributed by atoms with Crippen molar-refractivity contribution in [2.24, 2.45) is 5.41 Å². The fourth-order valence-electron chi connectivity index (χ4n) is 2.44. The van der Waals surface area contributed by atoms with E-state index in [4.69, 9.17) is 21.4 Å². The molecule has 120 valence electrons. The van der Waals surface area contributed by atoms with Crippen molar-refractivity contribution < 1.29 is 19.4 Å². The van der Waals surface area contributed by atoms with E-state index in [-0.39, 0.29) is 19.1 Å². The predicted molar refractivity (Wildman–Crippen MR) is 86.8 cm³/mol. The van der Waals surface area contributed by atoms with Gasteiger partial charge in [0.1, 0.15) is 5.75 Å². The van der Waals surface area contributed by atoms with Crippen molar-refractivity contribution in [3.63, 3.8) is 0 Å². The minimum Gasteiger partial charge on any atom is -0.483 e. The van der Waals surface area contributed by atoms with Gasteiger partial charge in [0, 0.05) is 22.3 Å². The molecular formula is C17H16ClNO4. The smallest absolute Gasteiger partial charge is 0.311 e. The molecule has 2 N–H and O–H groups in total. The molecule has 0 bridgehead atoms. The van der Waals surface area contributed by atoms with Crippen LogP contribution in [0.3, 0.4) is 0 Å². The van der Waals surface area contributed by atoms with Gasteiger partial charge in [-0.3, -0.25) is 9.59 Å². The largest absolute Gasteiger partial charge is 0.483 e. The molecule has 2 aromatic carbocycles. The van der Waals surface area contributed by atoms with E-state index in [0.29, 0.717) is 23.6 Å². The second kappa shape index (κ2) is 6.08. The summed E-state index contributed by atoms with van der Waals surface area (Å²) in [5.74, 6) is -0.626. The summed E-state index contributed by atoms with van der Waals surface area (Å²) in [6.07, 6.45) is 1.20. The van der Waals surface area contributed by atoms with Gasteiger partial charge in [-0.1, -0.05) is 35.9 Å². The third-order valence-electron chi connectivity index (χ3n) is 4.12. The first-order chi connectivity index (χ1) is 11.0. The average molecular weight is 334 g/mol. The quantitative estimate of drug-likeness (QED) is 0.852. The molecule has 2 aromatic rings. The Kier molecular flexibility index (Phi) is 4.13. The summed E-state index contributed by atoms with van der Waals surface area (Å²) in [5.41, 5.74) is -0.775. The van der Waals surface area contributed by atoms with Crippen LogP contribution in [0.4, 0.5) is 0 Å². The Morgan fingerprint density at radius 3 is 2.52 bits per heavy atom. The number of nitrogens with one attached hydrogen (secondary N) is 1. The maximum atomic E-state index is 11.9. The predicted octanol–water partition coefficient (Wildman–Crippen LogP) is 2.85. The summed E-state index contributed by atoms with van der Waals surface area (Å²) < 4.78 is 5.56. The number of hydrogen-bond acceptors (Lipinski definition) is 3. The van der Waals surface area contributed by atoms with Crippen LogP contribution in [0.2, 0.25) is 5.02 Å². The van der Waals surface area contributed by atoms with Gasteiger partial charge < -0.3 is 15.2 Å². The zero-order chi connectivity index (χ0) is 16.4. The highest BCUT2D eigenvalue weighted by Gasteiger charge is 2.50. The molecule has 0 radical (unpaired) electrons. The molecule has 1 fully saturated rings. The average Bonchev–Trinajstić information content (AvgIpc) is 3.34. The van der Waals surface area contributed by atoms with Gasteiger partial charge in [-0.2, -0.15) is 0 Å². The zero-order valence-electron chi connectivity index (χ0n) is 12.3. The fourth-order valence-corrected chi connectivity index (χ4v) is 2.67. The standard InChI is InChI=1S/C17H16ClNO4/c18-13-5-6-14(12-4-2-1-3-11(12)13)23-9-15(20)19-10-17(7-8-17)16(21)22/h1-6H,7-10H2,(H,19,20)(H,21,22). The normalized spacial score (nSPS) is 15.2. The number of hydrogen-bond donors (Lipinski definition) is 2. The maximum absolute atomic E-state index is 11.9. The second-order valence-corrected chi connectivity index (χ2v) is 6.15. The van der Waals surface area contributed by atoms with Crippen LogP contribution in [-0.4, -0.2) is 30.1 Å². The van der Waals surface area contributed by atoms with Crippen LogP contribution in [0.1, 0.15) is 12.8 Å². The maximum Gasteiger partial charge on any atom is 0.311 e. The Labute approximate surface area is 138 Å². The Morgan fingerprint density at radius 1 is 1.17 bits per heavy atom. The van der Waals surface area contributed by atoms with Crippen molar-refractivity contribution in [3.05, 3.63) is 41.4 Å². The van der Waals surface area contributed by atoms with Gasteiger partial charge in [0.05, 0.1) is 5.41 Å². The summed E-state index contributed by atoms with van der Waals surface area (Å²) in [5, 5.41) is 14.0. The van der Waals surface area contributed by atoms with Crippen LogP contribution in [0, 0.1) is 5.41 Å². The topological polar surface area (TPSA) is 75.6 Å². The van der Waals surface area contributed by atoms with Crippen LogP contribution in [0.5, 0.6) is 5.75 Å². The number of carbonyl (C=O) groups is 2. The highest BCUT2D eigenvalue weighted by atomic mass is 35.5. The molecule has 23 heavy (non-hydrogen) atoms.